The fraction of sp³-hybridized carbons (Fsp3) is 0.120. The molecule has 1 heterocycles. The standard InChI is InChI=1S/C25H16F7N5O2/c26-17-7-9-18(10-8-17)33-21(38)15-4-1-3-14(11-15)20-35-22(37-23(36-20)39-13-24(27,28)29)34-19-6-2-5-16(12-19)25(30,31)32/h1-12H,13H2,(H,33,38)(H,34,35,36,37). The maximum Gasteiger partial charge on any atom is 0.422 e. The van der Waals surface area contributed by atoms with E-state index in [1.165, 1.54) is 42.5 Å². The van der Waals surface area contributed by atoms with Crippen LogP contribution in [0.15, 0.2) is 72.8 Å². The third-order valence-electron chi connectivity index (χ3n) is 4.91. The van der Waals surface area contributed by atoms with Crippen LogP contribution in [0.1, 0.15) is 15.9 Å². The number of carbonyl (C=O) groups is 1. The lowest BCUT2D eigenvalue weighted by atomic mass is 10.1. The van der Waals surface area contributed by atoms with Crippen LogP contribution >= 0.6 is 0 Å². The Hall–Kier alpha value is -4.75. The van der Waals surface area contributed by atoms with Gasteiger partial charge in [-0.25, -0.2) is 4.39 Å². The number of anilines is 3. The molecule has 0 spiro atoms. The SMILES string of the molecule is O=C(Nc1ccc(F)cc1)c1cccc(-c2nc(Nc3cccc(C(F)(F)F)c3)nc(OCC(F)(F)F)n2)c1. The zero-order valence-electron chi connectivity index (χ0n) is 19.4. The largest absolute Gasteiger partial charge is 0.454 e. The smallest absolute Gasteiger partial charge is 0.422 e. The van der Waals surface area contributed by atoms with E-state index < -0.39 is 48.2 Å². The molecule has 39 heavy (non-hydrogen) atoms. The number of halogens is 7. The van der Waals surface area contributed by atoms with E-state index in [2.05, 4.69) is 30.3 Å². The van der Waals surface area contributed by atoms with E-state index in [1.54, 1.807) is 0 Å². The van der Waals surface area contributed by atoms with Gasteiger partial charge in [0.05, 0.1) is 5.56 Å². The minimum absolute atomic E-state index is 0.0994. The lowest BCUT2D eigenvalue weighted by Gasteiger charge is -2.13. The molecule has 4 rings (SSSR count). The lowest BCUT2D eigenvalue weighted by molar-refractivity contribution is -0.154. The summed E-state index contributed by atoms with van der Waals surface area (Å²) in [5.41, 5.74) is -0.510. The molecule has 0 saturated heterocycles. The van der Waals surface area contributed by atoms with Crippen molar-refractivity contribution in [2.45, 2.75) is 12.4 Å². The Bertz CT molecular complexity index is 1480. The number of rotatable bonds is 7. The number of alkyl halides is 6. The summed E-state index contributed by atoms with van der Waals surface area (Å²) in [5.74, 6) is -1.72. The van der Waals surface area contributed by atoms with Gasteiger partial charge in [0.2, 0.25) is 5.95 Å². The molecule has 0 aliphatic heterocycles. The van der Waals surface area contributed by atoms with Crippen molar-refractivity contribution in [1.29, 1.82) is 0 Å². The number of nitrogens with one attached hydrogen (secondary N) is 2. The number of hydrogen-bond acceptors (Lipinski definition) is 6. The molecule has 0 aliphatic carbocycles. The molecule has 0 bridgehead atoms. The molecule has 7 nitrogen and oxygen atoms in total. The Kier molecular flexibility index (Phi) is 7.65. The van der Waals surface area contributed by atoms with Crippen molar-refractivity contribution >= 4 is 23.2 Å². The number of aromatic nitrogens is 3. The lowest BCUT2D eigenvalue weighted by Crippen LogP contribution is -2.20. The van der Waals surface area contributed by atoms with E-state index in [0.717, 1.165) is 30.3 Å². The average Bonchev–Trinajstić information content (AvgIpc) is 2.88. The van der Waals surface area contributed by atoms with Crippen LogP contribution in [0, 0.1) is 5.82 Å². The van der Waals surface area contributed by atoms with Crippen LogP contribution in [0.25, 0.3) is 11.4 Å². The van der Waals surface area contributed by atoms with Gasteiger partial charge in [-0.05, 0) is 54.6 Å². The predicted octanol–water partition coefficient (Wildman–Crippen LogP) is 6.63. The molecular formula is C25H16F7N5O2. The summed E-state index contributed by atoms with van der Waals surface area (Å²) >= 11 is 0. The van der Waals surface area contributed by atoms with Crippen LogP contribution in [0.4, 0.5) is 48.1 Å². The monoisotopic (exact) mass is 551 g/mol. The van der Waals surface area contributed by atoms with Gasteiger partial charge in [0.15, 0.2) is 12.4 Å². The molecule has 0 unspecified atom stereocenters. The summed E-state index contributed by atoms with van der Waals surface area (Å²) in [7, 11) is 0. The normalized spacial score (nSPS) is 11.7. The van der Waals surface area contributed by atoms with Gasteiger partial charge in [-0.2, -0.15) is 41.3 Å². The van der Waals surface area contributed by atoms with Crippen molar-refractivity contribution in [3.63, 3.8) is 0 Å². The highest BCUT2D eigenvalue weighted by Gasteiger charge is 2.31. The van der Waals surface area contributed by atoms with E-state index in [-0.39, 0.29) is 22.6 Å². The third-order valence-corrected chi connectivity index (χ3v) is 4.91. The molecular weight excluding hydrogens is 535 g/mol. The summed E-state index contributed by atoms with van der Waals surface area (Å²) in [6.07, 6.45) is -9.36. The Balaban J connectivity index is 1.66. The van der Waals surface area contributed by atoms with Crippen LogP contribution < -0.4 is 15.4 Å². The molecule has 202 valence electrons. The predicted molar refractivity (Wildman–Crippen MR) is 126 cm³/mol. The van der Waals surface area contributed by atoms with Gasteiger partial charge in [0.25, 0.3) is 5.91 Å². The first-order valence-electron chi connectivity index (χ1n) is 10.9. The van der Waals surface area contributed by atoms with Gasteiger partial charge in [-0.15, -0.1) is 0 Å². The fourth-order valence-electron chi connectivity index (χ4n) is 3.19. The van der Waals surface area contributed by atoms with Crippen molar-refractivity contribution in [2.75, 3.05) is 17.2 Å². The average molecular weight is 551 g/mol. The quantitative estimate of drug-likeness (QED) is 0.251. The topological polar surface area (TPSA) is 89.0 Å². The second-order valence-corrected chi connectivity index (χ2v) is 7.91. The van der Waals surface area contributed by atoms with E-state index in [1.807, 2.05) is 0 Å². The molecule has 2 N–H and O–H groups in total. The minimum atomic E-state index is -4.72. The second kappa shape index (κ2) is 10.9. The molecule has 0 fully saturated rings. The molecule has 3 aromatic carbocycles. The van der Waals surface area contributed by atoms with Gasteiger partial charge >= 0.3 is 18.4 Å². The zero-order chi connectivity index (χ0) is 28.2. The summed E-state index contributed by atoms with van der Waals surface area (Å²) < 4.78 is 95.2. The Morgan fingerprint density at radius 1 is 0.821 bits per heavy atom. The van der Waals surface area contributed by atoms with E-state index in [9.17, 15) is 35.5 Å². The molecule has 4 aromatic rings. The Labute approximate surface area is 215 Å². The van der Waals surface area contributed by atoms with Gasteiger partial charge in [0, 0.05) is 22.5 Å². The highest BCUT2D eigenvalue weighted by Crippen LogP contribution is 2.31. The Morgan fingerprint density at radius 2 is 1.54 bits per heavy atom. The van der Waals surface area contributed by atoms with Crippen LogP contribution in [0.5, 0.6) is 6.01 Å². The van der Waals surface area contributed by atoms with E-state index >= 15 is 0 Å². The van der Waals surface area contributed by atoms with Crippen LogP contribution in [0.2, 0.25) is 0 Å². The van der Waals surface area contributed by atoms with Crippen LogP contribution in [-0.2, 0) is 6.18 Å². The van der Waals surface area contributed by atoms with Gasteiger partial charge < -0.3 is 15.4 Å². The second-order valence-electron chi connectivity index (χ2n) is 7.91. The van der Waals surface area contributed by atoms with Crippen molar-refractivity contribution in [2.24, 2.45) is 0 Å². The van der Waals surface area contributed by atoms with E-state index in [4.69, 9.17) is 0 Å². The number of nitrogens with zero attached hydrogens (tertiary/aromatic N) is 3. The maximum atomic E-state index is 13.1. The number of ether oxygens (including phenoxy) is 1. The summed E-state index contributed by atoms with van der Waals surface area (Å²) in [4.78, 5) is 24.3. The number of hydrogen-bond donors (Lipinski definition) is 2. The van der Waals surface area contributed by atoms with Crippen LogP contribution in [-0.4, -0.2) is 33.6 Å². The highest BCUT2D eigenvalue weighted by molar-refractivity contribution is 6.04. The molecule has 14 heteroatoms. The molecule has 0 radical (unpaired) electrons. The maximum absolute atomic E-state index is 13.1. The van der Waals surface area contributed by atoms with Crippen molar-refractivity contribution in [3.8, 4) is 17.4 Å². The summed E-state index contributed by atoms with van der Waals surface area (Å²) in [6, 6.07) is 13.9. The van der Waals surface area contributed by atoms with Gasteiger partial charge in [-0.1, -0.05) is 18.2 Å². The number of benzene rings is 3. The first-order valence-corrected chi connectivity index (χ1v) is 10.9. The van der Waals surface area contributed by atoms with Crippen molar-refractivity contribution in [3.05, 3.63) is 89.7 Å². The fourth-order valence-corrected chi connectivity index (χ4v) is 3.19. The zero-order valence-corrected chi connectivity index (χ0v) is 19.4. The minimum Gasteiger partial charge on any atom is -0.454 e. The van der Waals surface area contributed by atoms with E-state index in [0.29, 0.717) is 5.69 Å². The Morgan fingerprint density at radius 3 is 2.23 bits per heavy atom. The first kappa shape index (κ1) is 27.3. The van der Waals surface area contributed by atoms with Crippen molar-refractivity contribution in [1.82, 2.24) is 15.0 Å². The first-order chi connectivity index (χ1) is 18.4. The molecule has 0 atom stereocenters. The van der Waals surface area contributed by atoms with Gasteiger partial charge in [-0.3, -0.25) is 4.79 Å². The number of amides is 1. The highest BCUT2D eigenvalue weighted by atomic mass is 19.4. The summed E-state index contributed by atoms with van der Waals surface area (Å²) in [5, 5.41) is 5.07. The molecule has 0 aliphatic rings. The third kappa shape index (κ3) is 7.63. The van der Waals surface area contributed by atoms with Gasteiger partial charge in [0.1, 0.15) is 5.82 Å². The molecule has 1 amide bonds. The molecule has 0 saturated carbocycles. The van der Waals surface area contributed by atoms with Crippen LogP contribution in [0.3, 0.4) is 0 Å². The number of carbonyl (C=O) groups excluding carboxylic acids is 1. The summed E-state index contributed by atoms with van der Waals surface area (Å²) in [6.45, 7) is -1.74. The van der Waals surface area contributed by atoms with Crippen molar-refractivity contribution < 1.29 is 40.3 Å². The molecule has 1 aromatic heterocycles.